The highest BCUT2D eigenvalue weighted by atomic mass is 16.3. The normalized spacial score (nSPS) is 14.5. The van der Waals surface area contributed by atoms with E-state index in [0.717, 1.165) is 28.8 Å². The van der Waals surface area contributed by atoms with Crippen LogP contribution in [-0.2, 0) is 24.7 Å². The number of fused-ring (bicyclic) bond motifs is 4. The lowest BCUT2D eigenvalue weighted by molar-refractivity contribution is 0.590. The molecule has 5 rings (SSSR count). The van der Waals surface area contributed by atoms with Crippen LogP contribution in [0.25, 0.3) is 33.2 Å². The smallest absolute Gasteiger partial charge is 0.161 e. The third kappa shape index (κ3) is 3.56. The van der Waals surface area contributed by atoms with Gasteiger partial charge in [0.1, 0.15) is 11.3 Å². The zero-order valence-electron chi connectivity index (χ0n) is 19.5. The molecule has 1 aliphatic carbocycles. The molecule has 2 heteroatoms. The predicted octanol–water partition coefficient (Wildman–Crippen LogP) is 8.02. The summed E-state index contributed by atoms with van der Waals surface area (Å²) < 4.78 is 6.59. The number of aromatic nitrogens is 1. The zero-order valence-corrected chi connectivity index (χ0v) is 19.5. The van der Waals surface area contributed by atoms with Crippen LogP contribution in [0.2, 0.25) is 0 Å². The Labute approximate surface area is 185 Å². The van der Waals surface area contributed by atoms with Gasteiger partial charge in [-0.15, -0.1) is 0 Å². The monoisotopic (exact) mass is 411 g/mol. The summed E-state index contributed by atoms with van der Waals surface area (Å²) in [5.41, 5.74) is 10.1. The van der Waals surface area contributed by atoms with Crippen LogP contribution in [0.3, 0.4) is 0 Å². The molecule has 160 valence electrons. The fourth-order valence-corrected chi connectivity index (χ4v) is 5.17. The summed E-state index contributed by atoms with van der Waals surface area (Å²) in [6.07, 6.45) is 8.01. The minimum absolute atomic E-state index is 0.0985. The maximum atomic E-state index is 6.59. The van der Waals surface area contributed by atoms with E-state index in [0.29, 0.717) is 5.92 Å². The second-order valence-electron chi connectivity index (χ2n) is 10.6. The Bertz CT molecular complexity index is 1270. The van der Waals surface area contributed by atoms with Crippen LogP contribution in [-0.4, -0.2) is 4.98 Å². The van der Waals surface area contributed by atoms with Crippen LogP contribution in [0.15, 0.2) is 47.0 Å². The molecule has 0 N–H and O–H groups in total. The summed E-state index contributed by atoms with van der Waals surface area (Å²) in [5.74, 6) is 0.617. The summed E-state index contributed by atoms with van der Waals surface area (Å²) in [7, 11) is 0. The quantitative estimate of drug-likeness (QED) is 0.341. The Morgan fingerprint density at radius 2 is 1.84 bits per heavy atom. The molecule has 31 heavy (non-hydrogen) atoms. The van der Waals surface area contributed by atoms with Crippen molar-refractivity contribution in [1.82, 2.24) is 4.98 Å². The average molecular weight is 412 g/mol. The second kappa shape index (κ2) is 7.51. The van der Waals surface area contributed by atoms with Gasteiger partial charge in [-0.3, -0.25) is 4.98 Å². The molecule has 0 bridgehead atoms. The topological polar surface area (TPSA) is 26.0 Å². The minimum Gasteiger partial charge on any atom is -0.454 e. The number of pyridine rings is 1. The fourth-order valence-electron chi connectivity index (χ4n) is 5.17. The Morgan fingerprint density at radius 3 is 2.61 bits per heavy atom. The van der Waals surface area contributed by atoms with E-state index >= 15 is 0 Å². The van der Waals surface area contributed by atoms with Crippen molar-refractivity contribution in [1.29, 1.82) is 0 Å². The van der Waals surface area contributed by atoms with Crippen molar-refractivity contribution in [3.8, 4) is 11.3 Å². The lowest BCUT2D eigenvalue weighted by Gasteiger charge is -2.21. The summed E-state index contributed by atoms with van der Waals surface area (Å²) >= 11 is 0. The molecule has 2 aromatic heterocycles. The van der Waals surface area contributed by atoms with E-state index in [4.69, 9.17) is 9.40 Å². The van der Waals surface area contributed by atoms with E-state index in [2.05, 4.69) is 71.0 Å². The summed E-state index contributed by atoms with van der Waals surface area (Å²) in [6.45, 7) is 11.4. The van der Waals surface area contributed by atoms with Crippen LogP contribution in [0.1, 0.15) is 69.7 Å². The van der Waals surface area contributed by atoms with Crippen molar-refractivity contribution in [2.75, 3.05) is 0 Å². The molecule has 4 aromatic rings. The third-order valence-corrected chi connectivity index (χ3v) is 6.73. The number of hydrogen-bond donors (Lipinski definition) is 0. The fraction of sp³-hybridized carbons (Fsp3) is 0.414. The van der Waals surface area contributed by atoms with E-state index in [1.807, 2.05) is 6.20 Å². The molecular weight excluding hydrogens is 378 g/mol. The molecule has 0 saturated heterocycles. The summed E-state index contributed by atoms with van der Waals surface area (Å²) in [4.78, 5) is 4.79. The van der Waals surface area contributed by atoms with Gasteiger partial charge >= 0.3 is 0 Å². The number of hydrogen-bond acceptors (Lipinski definition) is 2. The van der Waals surface area contributed by atoms with Gasteiger partial charge in [-0.25, -0.2) is 0 Å². The Balaban J connectivity index is 1.79. The highest BCUT2D eigenvalue weighted by molar-refractivity contribution is 6.10. The standard InChI is InChI=1S/C29H33NO/c1-18(2)15-24-22-12-7-6-9-19(22)17-25-26(24)23-13-14-30-27(28(23)31-25)20-10-8-11-21(16-20)29(3,4)5/h8,10-11,13-14,16-18H,6-7,9,12,15H2,1-5H3. The molecule has 0 amide bonds. The van der Waals surface area contributed by atoms with E-state index in [-0.39, 0.29) is 5.41 Å². The first-order valence-electron chi connectivity index (χ1n) is 11.8. The second-order valence-corrected chi connectivity index (χ2v) is 10.6. The van der Waals surface area contributed by atoms with E-state index in [1.165, 1.54) is 53.1 Å². The largest absolute Gasteiger partial charge is 0.454 e. The molecule has 0 unspecified atom stereocenters. The van der Waals surface area contributed by atoms with Gasteiger partial charge in [-0.2, -0.15) is 0 Å². The molecule has 0 aliphatic heterocycles. The average Bonchev–Trinajstić information content (AvgIpc) is 3.11. The number of benzene rings is 2. The molecule has 0 spiro atoms. The minimum atomic E-state index is 0.0985. The number of aryl methyl sites for hydroxylation is 1. The number of rotatable bonds is 3. The molecule has 2 aromatic carbocycles. The molecule has 0 fully saturated rings. The molecule has 1 aliphatic rings. The molecule has 0 radical (unpaired) electrons. The van der Waals surface area contributed by atoms with E-state index < -0.39 is 0 Å². The third-order valence-electron chi connectivity index (χ3n) is 6.73. The molecule has 0 atom stereocenters. The van der Waals surface area contributed by atoms with Crippen LogP contribution in [0.4, 0.5) is 0 Å². The van der Waals surface area contributed by atoms with Gasteiger partial charge in [0.05, 0.1) is 0 Å². The Morgan fingerprint density at radius 1 is 1.03 bits per heavy atom. The van der Waals surface area contributed by atoms with Gasteiger partial charge in [0.2, 0.25) is 0 Å². The van der Waals surface area contributed by atoms with Gasteiger partial charge in [0.25, 0.3) is 0 Å². The van der Waals surface area contributed by atoms with Gasteiger partial charge in [-0.1, -0.05) is 52.8 Å². The van der Waals surface area contributed by atoms with Gasteiger partial charge < -0.3 is 4.42 Å². The van der Waals surface area contributed by atoms with E-state index in [1.54, 1.807) is 5.56 Å². The first kappa shape index (κ1) is 20.3. The lowest BCUT2D eigenvalue weighted by Crippen LogP contribution is -2.10. The van der Waals surface area contributed by atoms with Crippen LogP contribution < -0.4 is 0 Å². The number of nitrogens with zero attached hydrogens (tertiary/aromatic N) is 1. The maximum Gasteiger partial charge on any atom is 0.161 e. The zero-order chi connectivity index (χ0) is 21.8. The van der Waals surface area contributed by atoms with Crippen LogP contribution >= 0.6 is 0 Å². The molecule has 0 saturated carbocycles. The van der Waals surface area contributed by atoms with Crippen LogP contribution in [0, 0.1) is 5.92 Å². The summed E-state index contributed by atoms with van der Waals surface area (Å²) in [6, 6.07) is 13.2. The van der Waals surface area contributed by atoms with Crippen molar-refractivity contribution in [2.24, 2.45) is 5.92 Å². The van der Waals surface area contributed by atoms with Crippen molar-refractivity contribution >= 4 is 21.9 Å². The van der Waals surface area contributed by atoms with Crippen molar-refractivity contribution in [3.63, 3.8) is 0 Å². The summed E-state index contributed by atoms with van der Waals surface area (Å²) in [5, 5.41) is 2.53. The predicted molar refractivity (Wildman–Crippen MR) is 131 cm³/mol. The highest BCUT2D eigenvalue weighted by Crippen LogP contribution is 2.41. The number of furan rings is 1. The maximum absolute atomic E-state index is 6.59. The molecular formula is C29H33NO. The van der Waals surface area contributed by atoms with E-state index in [9.17, 15) is 0 Å². The Hall–Kier alpha value is -2.61. The van der Waals surface area contributed by atoms with Crippen molar-refractivity contribution < 1.29 is 4.42 Å². The highest BCUT2D eigenvalue weighted by Gasteiger charge is 2.23. The first-order chi connectivity index (χ1) is 14.8. The molecule has 2 nitrogen and oxygen atoms in total. The van der Waals surface area contributed by atoms with Gasteiger partial charge in [0, 0.05) is 22.5 Å². The first-order valence-corrected chi connectivity index (χ1v) is 11.8. The Kier molecular flexibility index (Phi) is 4.92. The molecule has 2 heterocycles. The lowest BCUT2D eigenvalue weighted by atomic mass is 9.83. The van der Waals surface area contributed by atoms with Crippen molar-refractivity contribution in [2.45, 2.75) is 72.1 Å². The van der Waals surface area contributed by atoms with Crippen molar-refractivity contribution in [3.05, 3.63) is 64.8 Å². The van der Waals surface area contributed by atoms with Crippen LogP contribution in [0.5, 0.6) is 0 Å². The van der Waals surface area contributed by atoms with Gasteiger partial charge in [-0.05, 0) is 83.9 Å². The van der Waals surface area contributed by atoms with Gasteiger partial charge in [0.15, 0.2) is 5.58 Å². The SMILES string of the molecule is CC(C)Cc1c2c(cc3oc4c(-c5cccc(C(C)(C)C)c5)nccc4c13)CCCC2.